The Balaban J connectivity index is 1.14. The third-order valence-corrected chi connectivity index (χ3v) is 10.9. The monoisotopic (exact) mass is 704 g/mol. The molecule has 51 heavy (non-hydrogen) atoms. The molecule has 4 unspecified atom stereocenters. The van der Waals surface area contributed by atoms with Crippen LogP contribution < -0.4 is 4.90 Å². The normalized spacial score (nSPS) is 28.7. The van der Waals surface area contributed by atoms with Crippen molar-refractivity contribution in [2.45, 2.75) is 82.7 Å². The van der Waals surface area contributed by atoms with Gasteiger partial charge in [0.1, 0.15) is 0 Å². The summed E-state index contributed by atoms with van der Waals surface area (Å²) < 4.78 is 29.3. The molecule has 0 saturated carbocycles. The molecule has 4 saturated heterocycles. The first-order valence-electron chi connectivity index (χ1n) is 18.7. The molecule has 0 radical (unpaired) electrons. The Bertz CT molecular complexity index is 1470. The summed E-state index contributed by atoms with van der Waals surface area (Å²) in [4.78, 5) is 58.2. The van der Waals surface area contributed by atoms with E-state index in [1.54, 1.807) is 19.2 Å². The maximum Gasteiger partial charge on any atom is 0.240 e. The van der Waals surface area contributed by atoms with Crippen molar-refractivity contribution >= 4 is 29.3 Å². The van der Waals surface area contributed by atoms with Gasteiger partial charge in [0.25, 0.3) is 0 Å². The van der Waals surface area contributed by atoms with Crippen LogP contribution in [-0.2, 0) is 49.3 Å². The van der Waals surface area contributed by atoms with Gasteiger partial charge in [0.15, 0.2) is 0 Å². The van der Waals surface area contributed by atoms with Crippen LogP contribution in [0.4, 0.5) is 5.69 Å². The molecule has 0 aliphatic carbocycles. The summed E-state index contributed by atoms with van der Waals surface area (Å²) in [6.45, 7) is 4.25. The van der Waals surface area contributed by atoms with Crippen LogP contribution in [0.25, 0.3) is 0 Å². The van der Waals surface area contributed by atoms with Crippen LogP contribution >= 0.6 is 0 Å². The number of para-hydroxylation sites is 1. The number of carbonyl (C=O) groups is 4. The second-order valence-electron chi connectivity index (χ2n) is 14.0. The Morgan fingerprint density at radius 1 is 0.588 bits per heavy atom. The molecule has 0 aromatic heterocycles. The number of aryl methyl sites for hydroxylation is 1. The smallest absolute Gasteiger partial charge is 0.240 e. The topological polar surface area (TPSA) is 121 Å². The van der Waals surface area contributed by atoms with Crippen LogP contribution in [0, 0.1) is 23.7 Å². The molecule has 0 bridgehead atoms. The molecule has 4 heterocycles. The number of rotatable bonds is 20. The fourth-order valence-corrected chi connectivity index (χ4v) is 8.38. The van der Waals surface area contributed by atoms with E-state index in [1.807, 2.05) is 36.4 Å². The molecule has 0 spiro atoms. The fourth-order valence-electron chi connectivity index (χ4n) is 8.38. The highest BCUT2D eigenvalue weighted by Gasteiger charge is 2.62. The van der Waals surface area contributed by atoms with Crippen molar-refractivity contribution in [3.05, 3.63) is 66.2 Å². The van der Waals surface area contributed by atoms with Crippen LogP contribution in [0.5, 0.6) is 0 Å². The molecule has 4 amide bonds. The predicted octanol–water partition coefficient (Wildman–Crippen LogP) is 4.60. The average molecular weight is 705 g/mol. The van der Waals surface area contributed by atoms with Gasteiger partial charge in [-0.3, -0.25) is 24.1 Å². The molecule has 11 heteroatoms. The lowest BCUT2D eigenvalue weighted by Crippen LogP contribution is -2.39. The maximum absolute atomic E-state index is 13.9. The number of hydrogen-bond acceptors (Lipinski definition) is 9. The van der Waals surface area contributed by atoms with Crippen molar-refractivity contribution in [3.8, 4) is 0 Å². The third-order valence-electron chi connectivity index (χ3n) is 10.9. The number of anilines is 1. The summed E-state index contributed by atoms with van der Waals surface area (Å²) in [5, 5.41) is 0. The van der Waals surface area contributed by atoms with E-state index in [0.717, 1.165) is 31.2 Å². The van der Waals surface area contributed by atoms with Crippen LogP contribution in [0.15, 0.2) is 60.7 Å². The van der Waals surface area contributed by atoms with Gasteiger partial charge in [-0.25, -0.2) is 4.90 Å². The Kier molecular flexibility index (Phi) is 13.0. The standard InChI is InChI=1S/C40H52N2O9/c1-3-4-7-16-29-35-36(40(46)42(39(35)45)28-14-10-6-11-15-28)32(50-29)20-19-31-34-33(30(51-31)18-17-27-12-8-5-9-13-27)37(43)41(38(34)44)21-22-48-25-26-49-24-23-47-2/h5-6,8-15,29-36H,3-4,7,16-26H2,1-2H3/t29?,30?,31?,32?,33-,34+,35+,36-/m0/s1. The zero-order valence-corrected chi connectivity index (χ0v) is 29.9. The summed E-state index contributed by atoms with van der Waals surface area (Å²) in [7, 11) is 1.61. The second kappa shape index (κ2) is 17.8. The quantitative estimate of drug-likeness (QED) is 0.144. The van der Waals surface area contributed by atoms with Crippen molar-refractivity contribution in [3.63, 3.8) is 0 Å². The van der Waals surface area contributed by atoms with Crippen LogP contribution in [0.3, 0.4) is 0 Å². The Labute approximate surface area is 300 Å². The van der Waals surface area contributed by atoms with Gasteiger partial charge in [-0.05, 0) is 49.8 Å². The Hall–Kier alpha value is -3.48. The first-order valence-corrected chi connectivity index (χ1v) is 18.7. The number of ether oxygens (including phenoxy) is 5. The predicted molar refractivity (Wildman–Crippen MR) is 189 cm³/mol. The van der Waals surface area contributed by atoms with Crippen molar-refractivity contribution < 1.29 is 42.9 Å². The highest BCUT2D eigenvalue weighted by atomic mass is 16.5. The number of methoxy groups -OCH3 is 1. The van der Waals surface area contributed by atoms with Gasteiger partial charge in [0.2, 0.25) is 23.6 Å². The first kappa shape index (κ1) is 37.3. The van der Waals surface area contributed by atoms with Crippen LogP contribution in [0.1, 0.15) is 57.4 Å². The number of hydrogen-bond donors (Lipinski definition) is 0. The fraction of sp³-hybridized carbons (Fsp3) is 0.600. The number of unbranched alkanes of at least 4 members (excludes halogenated alkanes) is 2. The number of nitrogens with zero attached hydrogens (tertiary/aromatic N) is 2. The van der Waals surface area contributed by atoms with E-state index in [4.69, 9.17) is 23.7 Å². The lowest BCUT2D eigenvalue weighted by atomic mass is 9.83. The number of carbonyl (C=O) groups excluding carboxylic acids is 4. The largest absolute Gasteiger partial charge is 0.382 e. The van der Waals surface area contributed by atoms with Gasteiger partial charge >= 0.3 is 0 Å². The molecule has 0 N–H and O–H groups in total. The minimum absolute atomic E-state index is 0.168. The minimum atomic E-state index is -0.616. The SMILES string of the molecule is CCCCCC1OC(CCC2OC(CCc3ccccc3)[C@@H]3C(=O)N(CCOCCOCCOC)C(=O)[C@H]23)[C@@H]2C(=O)N(c3ccccc3)C(=O)[C@H]12. The van der Waals surface area contributed by atoms with Gasteiger partial charge in [-0.2, -0.15) is 0 Å². The van der Waals surface area contributed by atoms with E-state index >= 15 is 0 Å². The van der Waals surface area contributed by atoms with E-state index in [0.29, 0.717) is 57.8 Å². The summed E-state index contributed by atoms with van der Waals surface area (Å²) >= 11 is 0. The second-order valence-corrected chi connectivity index (χ2v) is 14.0. The molecule has 4 aliphatic rings. The number of benzene rings is 2. The summed E-state index contributed by atoms with van der Waals surface area (Å²) in [6.07, 6.45) is 4.14. The van der Waals surface area contributed by atoms with Crippen molar-refractivity contribution in [1.82, 2.24) is 4.90 Å². The molecular formula is C40H52N2O9. The maximum atomic E-state index is 13.9. The molecule has 2 aromatic carbocycles. The molecule has 8 atom stereocenters. The number of amides is 4. The van der Waals surface area contributed by atoms with Gasteiger partial charge in [-0.1, -0.05) is 74.7 Å². The van der Waals surface area contributed by atoms with Crippen LogP contribution in [-0.4, -0.2) is 99.6 Å². The number of likely N-dealkylation sites (tertiary alicyclic amines) is 1. The number of imide groups is 2. The van der Waals surface area contributed by atoms with Crippen molar-refractivity contribution in [2.24, 2.45) is 23.7 Å². The molecule has 11 nitrogen and oxygen atoms in total. The molecular weight excluding hydrogens is 652 g/mol. The highest BCUT2D eigenvalue weighted by Crippen LogP contribution is 2.48. The van der Waals surface area contributed by atoms with Gasteiger partial charge in [0.05, 0.1) is 93.4 Å². The van der Waals surface area contributed by atoms with Gasteiger partial charge in [0, 0.05) is 7.11 Å². The zero-order chi connectivity index (χ0) is 35.7. The van der Waals surface area contributed by atoms with Gasteiger partial charge in [-0.15, -0.1) is 0 Å². The van der Waals surface area contributed by atoms with E-state index in [1.165, 1.54) is 9.80 Å². The van der Waals surface area contributed by atoms with E-state index in [9.17, 15) is 19.2 Å². The molecule has 276 valence electrons. The third kappa shape index (κ3) is 8.28. The molecule has 2 aromatic rings. The first-order chi connectivity index (χ1) is 24.9. The number of fused-ring (bicyclic) bond motifs is 2. The van der Waals surface area contributed by atoms with Gasteiger partial charge < -0.3 is 23.7 Å². The summed E-state index contributed by atoms with van der Waals surface area (Å²) in [6, 6.07) is 19.1. The lowest BCUT2D eigenvalue weighted by molar-refractivity contribution is -0.145. The van der Waals surface area contributed by atoms with E-state index in [2.05, 4.69) is 19.1 Å². The lowest BCUT2D eigenvalue weighted by Gasteiger charge is -2.24. The zero-order valence-electron chi connectivity index (χ0n) is 29.9. The average Bonchev–Trinajstić information content (AvgIpc) is 3.84. The molecule has 4 aliphatic heterocycles. The summed E-state index contributed by atoms with van der Waals surface area (Å²) in [5.74, 6) is -3.20. The minimum Gasteiger partial charge on any atom is -0.382 e. The van der Waals surface area contributed by atoms with E-state index in [-0.39, 0.29) is 42.9 Å². The molecule has 6 rings (SSSR count). The van der Waals surface area contributed by atoms with Crippen molar-refractivity contribution in [1.29, 1.82) is 0 Å². The van der Waals surface area contributed by atoms with E-state index < -0.39 is 42.0 Å². The van der Waals surface area contributed by atoms with Crippen LogP contribution in [0.2, 0.25) is 0 Å². The molecule has 4 fully saturated rings. The Morgan fingerprint density at radius 2 is 1.10 bits per heavy atom. The summed E-state index contributed by atoms with van der Waals surface area (Å²) in [5.41, 5.74) is 1.72. The van der Waals surface area contributed by atoms with Crippen molar-refractivity contribution in [2.75, 3.05) is 51.6 Å². The highest BCUT2D eigenvalue weighted by molar-refractivity contribution is 6.22. The Morgan fingerprint density at radius 3 is 1.69 bits per heavy atom.